The number of nitrogens with one attached hydrogen (secondary N) is 1. The van der Waals surface area contributed by atoms with Crippen molar-refractivity contribution in [2.45, 2.75) is 51.1 Å². The van der Waals surface area contributed by atoms with Gasteiger partial charge in [-0.2, -0.15) is 12.7 Å². The standard InChI is InChI=1S/C21H26N2O3S/c24-21(19-13-7-4-8-14-19)22-27(25,26)23(17-18-11-5-3-6-12-18)20-15-9-1-2-10-16-20/h3-8,11-14,20H,1-2,9-10,15-17H2,(H,22,24). The van der Waals surface area contributed by atoms with E-state index in [1.54, 1.807) is 30.3 Å². The van der Waals surface area contributed by atoms with Gasteiger partial charge in [-0.3, -0.25) is 4.79 Å². The molecular formula is C21H26N2O3S. The maximum absolute atomic E-state index is 13.1. The lowest BCUT2D eigenvalue weighted by atomic mass is 10.1. The summed E-state index contributed by atoms with van der Waals surface area (Å²) >= 11 is 0. The molecule has 0 unspecified atom stereocenters. The van der Waals surface area contributed by atoms with Crippen molar-refractivity contribution >= 4 is 16.1 Å². The Morgan fingerprint density at radius 3 is 2.04 bits per heavy atom. The Morgan fingerprint density at radius 2 is 1.44 bits per heavy atom. The van der Waals surface area contributed by atoms with Gasteiger partial charge in [-0.25, -0.2) is 4.72 Å². The Balaban J connectivity index is 1.84. The second-order valence-electron chi connectivity index (χ2n) is 6.98. The van der Waals surface area contributed by atoms with Crippen LogP contribution in [0.3, 0.4) is 0 Å². The molecule has 0 spiro atoms. The number of nitrogens with zero attached hydrogens (tertiary/aromatic N) is 1. The fraction of sp³-hybridized carbons (Fsp3) is 0.381. The van der Waals surface area contributed by atoms with Crippen LogP contribution in [0.1, 0.15) is 54.4 Å². The lowest BCUT2D eigenvalue weighted by Crippen LogP contribution is -2.48. The van der Waals surface area contributed by atoms with Crippen molar-refractivity contribution in [2.24, 2.45) is 0 Å². The fourth-order valence-corrected chi connectivity index (χ4v) is 4.94. The van der Waals surface area contributed by atoms with Crippen molar-refractivity contribution in [2.75, 3.05) is 0 Å². The average Bonchev–Trinajstić information content (AvgIpc) is 2.96. The molecule has 3 rings (SSSR count). The molecule has 1 fully saturated rings. The summed E-state index contributed by atoms with van der Waals surface area (Å²) in [5, 5.41) is 0. The predicted molar refractivity (Wildman–Crippen MR) is 106 cm³/mol. The average molecular weight is 387 g/mol. The molecule has 2 aromatic rings. The van der Waals surface area contributed by atoms with Crippen molar-refractivity contribution in [3.63, 3.8) is 0 Å². The normalized spacial score (nSPS) is 16.0. The molecule has 0 aliphatic heterocycles. The van der Waals surface area contributed by atoms with Gasteiger partial charge >= 0.3 is 10.2 Å². The molecule has 1 amide bonds. The van der Waals surface area contributed by atoms with E-state index >= 15 is 0 Å². The van der Waals surface area contributed by atoms with Gasteiger partial charge in [-0.05, 0) is 30.5 Å². The van der Waals surface area contributed by atoms with Gasteiger partial charge in [-0.15, -0.1) is 0 Å². The zero-order valence-electron chi connectivity index (χ0n) is 15.4. The summed E-state index contributed by atoms with van der Waals surface area (Å²) in [6.45, 7) is 0.267. The van der Waals surface area contributed by atoms with Crippen molar-refractivity contribution in [3.05, 3.63) is 71.8 Å². The second-order valence-corrected chi connectivity index (χ2v) is 8.60. The minimum absolute atomic E-state index is 0.0891. The first-order valence-corrected chi connectivity index (χ1v) is 10.9. The van der Waals surface area contributed by atoms with Crippen molar-refractivity contribution in [1.82, 2.24) is 9.03 Å². The van der Waals surface area contributed by atoms with Gasteiger partial charge in [0.15, 0.2) is 0 Å². The van der Waals surface area contributed by atoms with E-state index in [1.165, 1.54) is 4.31 Å². The highest BCUT2D eigenvalue weighted by Gasteiger charge is 2.32. The topological polar surface area (TPSA) is 66.5 Å². The van der Waals surface area contributed by atoms with Crippen molar-refractivity contribution in [1.29, 1.82) is 0 Å². The Bertz CT molecular complexity index is 830. The number of hydrogen-bond donors (Lipinski definition) is 1. The summed E-state index contributed by atoms with van der Waals surface area (Å²) in [6, 6.07) is 17.9. The molecule has 5 nitrogen and oxygen atoms in total. The smallest absolute Gasteiger partial charge is 0.268 e. The van der Waals surface area contributed by atoms with Gasteiger partial charge in [-0.1, -0.05) is 74.2 Å². The number of rotatable bonds is 6. The first kappa shape index (κ1) is 19.6. The molecule has 6 heteroatoms. The molecule has 0 bridgehead atoms. The first-order chi connectivity index (χ1) is 13.1. The monoisotopic (exact) mass is 386 g/mol. The van der Waals surface area contributed by atoms with Gasteiger partial charge < -0.3 is 0 Å². The third-order valence-electron chi connectivity index (χ3n) is 4.98. The van der Waals surface area contributed by atoms with E-state index in [2.05, 4.69) is 4.72 Å². The molecule has 0 heterocycles. The number of amides is 1. The maximum atomic E-state index is 13.1. The Labute approximate surface area is 161 Å². The predicted octanol–water partition coefficient (Wildman–Crippen LogP) is 3.89. The molecule has 1 N–H and O–H groups in total. The lowest BCUT2D eigenvalue weighted by molar-refractivity contribution is 0.0977. The summed E-state index contributed by atoms with van der Waals surface area (Å²) < 4.78 is 30.0. The summed E-state index contributed by atoms with van der Waals surface area (Å²) in [6.07, 6.45) is 5.94. The Hall–Kier alpha value is -2.18. The van der Waals surface area contributed by atoms with Gasteiger partial charge in [0.2, 0.25) is 0 Å². The van der Waals surface area contributed by atoms with Gasteiger partial charge in [0, 0.05) is 18.2 Å². The SMILES string of the molecule is O=C(NS(=O)(=O)N(Cc1ccccc1)C1CCCCCC1)c1ccccc1. The lowest BCUT2D eigenvalue weighted by Gasteiger charge is -2.30. The minimum atomic E-state index is -3.95. The number of benzene rings is 2. The van der Waals surface area contributed by atoms with Crippen LogP contribution in [-0.2, 0) is 16.8 Å². The molecular weight excluding hydrogens is 360 g/mol. The quantitative estimate of drug-likeness (QED) is 0.766. The number of carbonyl (C=O) groups is 1. The highest BCUT2D eigenvalue weighted by atomic mass is 32.2. The molecule has 144 valence electrons. The summed E-state index contributed by atoms with van der Waals surface area (Å²) in [7, 11) is -3.95. The zero-order valence-corrected chi connectivity index (χ0v) is 16.2. The molecule has 0 saturated heterocycles. The summed E-state index contributed by atoms with van der Waals surface area (Å²) in [5.74, 6) is -0.595. The molecule has 1 aliphatic carbocycles. The van der Waals surface area contributed by atoms with Crippen molar-refractivity contribution < 1.29 is 13.2 Å². The van der Waals surface area contributed by atoms with Crippen molar-refractivity contribution in [3.8, 4) is 0 Å². The molecule has 1 aliphatic rings. The van der Waals surface area contributed by atoms with E-state index in [0.717, 1.165) is 44.1 Å². The fourth-order valence-electron chi connectivity index (χ4n) is 3.54. The third-order valence-corrected chi connectivity index (χ3v) is 6.47. The van der Waals surface area contributed by atoms with Gasteiger partial charge in [0.1, 0.15) is 0 Å². The molecule has 2 aromatic carbocycles. The van der Waals surface area contributed by atoms with E-state index in [9.17, 15) is 13.2 Å². The Kier molecular flexibility index (Phi) is 6.63. The first-order valence-electron chi connectivity index (χ1n) is 9.49. The maximum Gasteiger partial charge on any atom is 0.304 e. The third kappa shape index (κ3) is 5.40. The number of hydrogen-bond acceptors (Lipinski definition) is 3. The zero-order chi connectivity index (χ0) is 19.1. The van der Waals surface area contributed by atoms with Crippen LogP contribution in [0.25, 0.3) is 0 Å². The van der Waals surface area contributed by atoms with Crippen LogP contribution in [0, 0.1) is 0 Å². The number of carbonyl (C=O) groups excluding carboxylic acids is 1. The largest absolute Gasteiger partial charge is 0.304 e. The molecule has 1 saturated carbocycles. The van der Waals surface area contributed by atoms with Gasteiger partial charge in [0.25, 0.3) is 5.91 Å². The van der Waals surface area contributed by atoms with Crippen LogP contribution in [0.5, 0.6) is 0 Å². The van der Waals surface area contributed by atoms with E-state index in [1.807, 2.05) is 30.3 Å². The van der Waals surface area contributed by atoms with Crippen LogP contribution >= 0.6 is 0 Å². The molecule has 0 radical (unpaired) electrons. The van der Waals surface area contributed by atoms with Crippen LogP contribution in [0.4, 0.5) is 0 Å². The van der Waals surface area contributed by atoms with E-state index in [0.29, 0.717) is 5.56 Å². The molecule has 0 aromatic heterocycles. The van der Waals surface area contributed by atoms with E-state index < -0.39 is 16.1 Å². The summed E-state index contributed by atoms with van der Waals surface area (Å²) in [4.78, 5) is 12.5. The van der Waals surface area contributed by atoms with Crippen LogP contribution < -0.4 is 4.72 Å². The van der Waals surface area contributed by atoms with Crippen LogP contribution in [0.2, 0.25) is 0 Å². The highest BCUT2D eigenvalue weighted by molar-refractivity contribution is 7.87. The van der Waals surface area contributed by atoms with Gasteiger partial charge in [0.05, 0.1) is 0 Å². The van der Waals surface area contributed by atoms with E-state index in [-0.39, 0.29) is 12.6 Å². The van der Waals surface area contributed by atoms with E-state index in [4.69, 9.17) is 0 Å². The minimum Gasteiger partial charge on any atom is -0.268 e. The summed E-state index contributed by atoms with van der Waals surface area (Å²) in [5.41, 5.74) is 1.25. The van der Waals surface area contributed by atoms with Crippen LogP contribution in [-0.4, -0.2) is 24.7 Å². The second kappa shape index (κ2) is 9.15. The molecule has 0 atom stereocenters. The molecule has 27 heavy (non-hydrogen) atoms. The van der Waals surface area contributed by atoms with Crippen LogP contribution in [0.15, 0.2) is 60.7 Å². The Morgan fingerprint density at radius 1 is 0.889 bits per heavy atom. The highest BCUT2D eigenvalue weighted by Crippen LogP contribution is 2.25.